The normalized spacial score (nSPS) is 26.7. The first kappa shape index (κ1) is 17.5. The lowest BCUT2D eigenvalue weighted by molar-refractivity contribution is -0.0321. The Bertz CT molecular complexity index is 876. The third-order valence-electron chi connectivity index (χ3n) is 3.96. The summed E-state index contributed by atoms with van der Waals surface area (Å²) < 4.78 is 18.5. The highest BCUT2D eigenvalue weighted by molar-refractivity contribution is 7.51. The lowest BCUT2D eigenvalue weighted by Gasteiger charge is -2.19. The topological polar surface area (TPSA) is 205 Å². The van der Waals surface area contributed by atoms with Gasteiger partial charge in [0, 0.05) is 10.8 Å². The largest absolute Gasteiger partial charge is 0.388 e. The molecule has 2 aromatic heterocycles. The average molecular weight is 370 g/mol. The summed E-state index contributed by atoms with van der Waals surface area (Å²) >= 11 is 0. The number of hydrogen-bond acceptors (Lipinski definition) is 8. The second-order valence-electron chi connectivity index (χ2n) is 5.56. The van der Waals surface area contributed by atoms with Gasteiger partial charge in [-0.3, -0.25) is 9.13 Å². The molecule has 1 fully saturated rings. The van der Waals surface area contributed by atoms with Gasteiger partial charge in [-0.05, 0) is 5.53 Å². The number of rotatable bonds is 5. The van der Waals surface area contributed by atoms with Crippen molar-refractivity contribution in [1.29, 1.82) is 0 Å². The third-order valence-corrected chi connectivity index (χ3v) is 4.85. The molecule has 0 saturated carbocycles. The van der Waals surface area contributed by atoms with Gasteiger partial charge in [-0.2, -0.15) is 0 Å². The molecule has 2 aromatic rings. The van der Waals surface area contributed by atoms with Gasteiger partial charge >= 0.3 is 7.60 Å². The molecular formula is C11H15N8O5P. The van der Waals surface area contributed by atoms with Crippen LogP contribution in [0.1, 0.15) is 6.23 Å². The van der Waals surface area contributed by atoms with Crippen molar-refractivity contribution in [2.75, 3.05) is 18.4 Å². The van der Waals surface area contributed by atoms with E-state index in [1.807, 2.05) is 0 Å². The summed E-state index contributed by atoms with van der Waals surface area (Å²) in [4.78, 5) is 33.1. The minimum Gasteiger partial charge on any atom is -0.388 e. The number of aliphatic hydroxyl groups is 1. The van der Waals surface area contributed by atoms with Crippen LogP contribution in [0.15, 0.2) is 17.8 Å². The highest BCUT2D eigenvalue weighted by atomic mass is 31.2. The molecule has 25 heavy (non-hydrogen) atoms. The highest BCUT2D eigenvalue weighted by Gasteiger charge is 2.47. The molecule has 13 nitrogen and oxygen atoms in total. The molecule has 14 heteroatoms. The maximum Gasteiger partial charge on any atom is 0.326 e. The molecule has 1 aliphatic heterocycles. The lowest BCUT2D eigenvalue weighted by atomic mass is 10.0. The van der Waals surface area contributed by atoms with Crippen LogP contribution in [0, 0.1) is 5.92 Å². The van der Waals surface area contributed by atoms with Crippen LogP contribution in [0.2, 0.25) is 0 Å². The van der Waals surface area contributed by atoms with E-state index in [0.717, 1.165) is 0 Å². The van der Waals surface area contributed by atoms with Gasteiger partial charge in [0.05, 0.1) is 25.1 Å². The fourth-order valence-corrected chi connectivity index (χ4v) is 3.87. The standard InChI is InChI=1S/C11H15N8O5P/c12-9-7-10(15-3-14-9)19(4-16-7)11-8(20)5(2-25(21,22)23)6(24-11)1-17-18-13/h3-6,8,11,20H,1-2H2,(H2,12,14,15)(H2,21,22,23)/t5-,6-,8-,11-/m1/s1. The van der Waals surface area contributed by atoms with Crippen LogP contribution in [0.3, 0.4) is 0 Å². The van der Waals surface area contributed by atoms with Crippen LogP contribution in [0.5, 0.6) is 0 Å². The van der Waals surface area contributed by atoms with Gasteiger partial charge in [-0.25, -0.2) is 15.0 Å². The summed E-state index contributed by atoms with van der Waals surface area (Å²) in [5.41, 5.74) is 14.8. The number of nitrogen functional groups attached to an aromatic ring is 1. The summed E-state index contributed by atoms with van der Waals surface area (Å²) in [5, 5.41) is 13.9. The van der Waals surface area contributed by atoms with Crippen molar-refractivity contribution in [2.45, 2.75) is 18.4 Å². The first-order valence-electron chi connectivity index (χ1n) is 7.14. The van der Waals surface area contributed by atoms with Gasteiger partial charge in [0.2, 0.25) is 0 Å². The minimum absolute atomic E-state index is 0.147. The smallest absolute Gasteiger partial charge is 0.326 e. The van der Waals surface area contributed by atoms with Crippen LogP contribution in [-0.4, -0.2) is 59.3 Å². The molecule has 0 unspecified atom stereocenters. The van der Waals surface area contributed by atoms with Gasteiger partial charge in [-0.1, -0.05) is 5.11 Å². The molecule has 0 spiro atoms. The van der Waals surface area contributed by atoms with Crippen LogP contribution < -0.4 is 5.73 Å². The van der Waals surface area contributed by atoms with Crippen molar-refractivity contribution >= 4 is 24.6 Å². The number of ether oxygens (including phenoxy) is 1. The number of imidazole rings is 1. The molecule has 5 N–H and O–H groups in total. The fourth-order valence-electron chi connectivity index (χ4n) is 2.87. The number of nitrogens with two attached hydrogens (primary N) is 1. The zero-order valence-corrected chi connectivity index (χ0v) is 13.6. The van der Waals surface area contributed by atoms with Crippen LogP contribution in [0.25, 0.3) is 21.6 Å². The molecule has 1 aliphatic rings. The highest BCUT2D eigenvalue weighted by Crippen LogP contribution is 2.45. The first-order chi connectivity index (χ1) is 11.8. The van der Waals surface area contributed by atoms with Crippen molar-refractivity contribution in [2.24, 2.45) is 11.0 Å². The maximum atomic E-state index is 11.4. The zero-order chi connectivity index (χ0) is 18.2. The zero-order valence-electron chi connectivity index (χ0n) is 12.7. The van der Waals surface area contributed by atoms with Crippen molar-refractivity contribution < 1.29 is 24.2 Å². The maximum absolute atomic E-state index is 11.4. The van der Waals surface area contributed by atoms with E-state index in [0.29, 0.717) is 11.2 Å². The first-order valence-corrected chi connectivity index (χ1v) is 8.93. The Morgan fingerprint density at radius 3 is 2.88 bits per heavy atom. The van der Waals surface area contributed by atoms with Gasteiger partial charge in [0.15, 0.2) is 17.7 Å². The predicted molar refractivity (Wildman–Crippen MR) is 84.1 cm³/mol. The lowest BCUT2D eigenvalue weighted by Crippen LogP contribution is -2.30. The molecule has 4 atom stereocenters. The molecule has 0 aromatic carbocycles. The summed E-state index contributed by atoms with van der Waals surface area (Å²) in [7, 11) is -4.43. The number of fused-ring (bicyclic) bond motifs is 1. The summed E-state index contributed by atoms with van der Waals surface area (Å²) in [6.07, 6.45) is -1.22. The van der Waals surface area contributed by atoms with E-state index in [4.69, 9.17) is 16.0 Å². The Morgan fingerprint density at radius 1 is 1.44 bits per heavy atom. The number of hydrogen-bond donors (Lipinski definition) is 4. The SMILES string of the molecule is [N-]=[N+]=NC[C@H]1O[C@@H](n2cnc3c(N)ncnc32)[C@H](O)[C@@H]1CP(=O)(O)O. The van der Waals surface area contributed by atoms with Crippen molar-refractivity contribution in [3.8, 4) is 0 Å². The number of anilines is 1. The Morgan fingerprint density at radius 2 is 2.20 bits per heavy atom. The van der Waals surface area contributed by atoms with E-state index in [1.54, 1.807) is 0 Å². The Balaban J connectivity index is 1.97. The summed E-state index contributed by atoms with van der Waals surface area (Å²) in [6.45, 7) is -0.182. The van der Waals surface area contributed by atoms with Crippen molar-refractivity contribution in [3.63, 3.8) is 0 Å². The quantitative estimate of drug-likeness (QED) is 0.237. The Labute approximate surface area is 140 Å². The average Bonchev–Trinajstić information content (AvgIpc) is 3.08. The van der Waals surface area contributed by atoms with Gasteiger partial charge < -0.3 is 25.4 Å². The van der Waals surface area contributed by atoms with E-state index in [1.165, 1.54) is 17.2 Å². The molecular weight excluding hydrogens is 355 g/mol. The summed E-state index contributed by atoms with van der Waals surface area (Å²) in [5.74, 6) is -0.790. The van der Waals surface area contributed by atoms with Crippen LogP contribution in [-0.2, 0) is 9.30 Å². The van der Waals surface area contributed by atoms with E-state index in [-0.39, 0.29) is 12.4 Å². The number of aliphatic hydroxyl groups excluding tert-OH is 1. The van der Waals surface area contributed by atoms with Crippen molar-refractivity contribution in [1.82, 2.24) is 19.5 Å². The minimum atomic E-state index is -4.43. The molecule has 0 aliphatic carbocycles. The monoisotopic (exact) mass is 370 g/mol. The Kier molecular flexibility index (Phi) is 4.60. The number of aromatic nitrogens is 4. The van der Waals surface area contributed by atoms with Crippen LogP contribution in [0.4, 0.5) is 5.82 Å². The molecule has 134 valence electrons. The van der Waals surface area contributed by atoms with E-state index < -0.39 is 38.1 Å². The van der Waals surface area contributed by atoms with Crippen molar-refractivity contribution in [3.05, 3.63) is 23.1 Å². The molecule has 0 radical (unpaired) electrons. The second-order valence-corrected chi connectivity index (χ2v) is 7.26. The summed E-state index contributed by atoms with van der Waals surface area (Å²) in [6, 6.07) is 0. The van der Waals surface area contributed by atoms with E-state index in [9.17, 15) is 19.5 Å². The molecule has 0 bridgehead atoms. The number of azide groups is 1. The van der Waals surface area contributed by atoms with E-state index in [2.05, 4.69) is 25.0 Å². The molecule has 0 amide bonds. The van der Waals surface area contributed by atoms with Crippen LogP contribution >= 0.6 is 7.60 Å². The number of nitrogens with zero attached hydrogens (tertiary/aromatic N) is 7. The molecule has 1 saturated heterocycles. The van der Waals surface area contributed by atoms with Gasteiger partial charge in [-0.15, -0.1) is 0 Å². The van der Waals surface area contributed by atoms with Gasteiger partial charge in [0.25, 0.3) is 0 Å². The third kappa shape index (κ3) is 3.42. The molecule has 3 heterocycles. The van der Waals surface area contributed by atoms with Gasteiger partial charge in [0.1, 0.15) is 17.9 Å². The second kappa shape index (κ2) is 6.56. The molecule has 3 rings (SSSR count). The predicted octanol–water partition coefficient (Wildman–Crippen LogP) is -0.229. The Hall–Kier alpha value is -2.27. The fraction of sp³-hybridized carbons (Fsp3) is 0.545. The van der Waals surface area contributed by atoms with E-state index >= 15 is 0 Å².